The van der Waals surface area contributed by atoms with Crippen molar-refractivity contribution in [2.75, 3.05) is 11.8 Å². The Labute approximate surface area is 73.9 Å². The predicted octanol–water partition coefficient (Wildman–Crippen LogP) is 3.52. The van der Waals surface area contributed by atoms with Crippen molar-refractivity contribution in [3.63, 3.8) is 0 Å². The normalized spacial score (nSPS) is 13.8. The van der Waals surface area contributed by atoms with E-state index in [0.29, 0.717) is 11.8 Å². The first-order chi connectivity index (χ1) is 4.37. The molecule has 0 saturated carbocycles. The fourth-order valence-electron chi connectivity index (χ4n) is 0.362. The summed E-state index contributed by atoms with van der Waals surface area (Å²) in [6, 6.07) is 0. The van der Waals surface area contributed by atoms with Gasteiger partial charge in [0, 0.05) is 11.8 Å². The smallest absolute Gasteiger partial charge is 0.0280 e. The molecule has 0 amide bonds. The number of hydrogen-bond acceptors (Lipinski definition) is 0. The molecule has 0 heterocycles. The molecule has 0 fully saturated rings. The molecular weight excluding hydrogens is 167 g/mol. The van der Waals surface area contributed by atoms with Gasteiger partial charge >= 0.3 is 0 Å². The molecule has 0 unspecified atom stereocenters. The van der Waals surface area contributed by atoms with E-state index in [0.717, 1.165) is 0 Å². The first kappa shape index (κ1) is 10.6. The van der Waals surface area contributed by atoms with Gasteiger partial charge in [-0.3, -0.25) is 0 Å². The van der Waals surface area contributed by atoms with Crippen molar-refractivity contribution in [2.24, 2.45) is 10.8 Å². The minimum atomic E-state index is 0.121. The molecule has 0 nitrogen and oxygen atoms in total. The van der Waals surface area contributed by atoms with Crippen molar-refractivity contribution < 1.29 is 0 Å². The van der Waals surface area contributed by atoms with Crippen LogP contribution in [0.2, 0.25) is 0 Å². The van der Waals surface area contributed by atoms with Crippen molar-refractivity contribution in [1.29, 1.82) is 0 Å². The van der Waals surface area contributed by atoms with E-state index >= 15 is 0 Å². The van der Waals surface area contributed by atoms with Gasteiger partial charge in [0.2, 0.25) is 0 Å². The first-order valence-corrected chi connectivity index (χ1v) is 4.56. The van der Waals surface area contributed by atoms with E-state index in [9.17, 15) is 0 Å². The standard InChI is InChI=1S/C8H16Cl2/c1-7(2,5-9)8(3,4)6-10/h5-6H2,1-4H3. The summed E-state index contributed by atoms with van der Waals surface area (Å²) in [5, 5.41) is 0. The Bertz CT molecular complexity index is 91.8. The van der Waals surface area contributed by atoms with E-state index in [1.807, 2.05) is 0 Å². The summed E-state index contributed by atoms with van der Waals surface area (Å²) in [6.45, 7) is 8.56. The Hall–Kier alpha value is 0.580. The van der Waals surface area contributed by atoms with Gasteiger partial charge < -0.3 is 0 Å². The van der Waals surface area contributed by atoms with Crippen LogP contribution in [-0.2, 0) is 0 Å². The summed E-state index contributed by atoms with van der Waals surface area (Å²) in [5.41, 5.74) is 0.243. The Kier molecular flexibility index (Phi) is 3.51. The van der Waals surface area contributed by atoms with Crippen molar-refractivity contribution in [3.8, 4) is 0 Å². The lowest BCUT2D eigenvalue weighted by Crippen LogP contribution is -2.35. The third-order valence-electron chi connectivity index (χ3n) is 2.50. The van der Waals surface area contributed by atoms with Crippen LogP contribution in [0.4, 0.5) is 0 Å². The van der Waals surface area contributed by atoms with Crippen molar-refractivity contribution >= 4 is 23.2 Å². The van der Waals surface area contributed by atoms with Crippen LogP contribution in [0.25, 0.3) is 0 Å². The maximum absolute atomic E-state index is 5.80. The Morgan fingerprint density at radius 1 is 0.800 bits per heavy atom. The first-order valence-electron chi connectivity index (χ1n) is 3.49. The molecule has 0 rings (SSSR count). The van der Waals surface area contributed by atoms with Crippen LogP contribution in [0.1, 0.15) is 27.7 Å². The van der Waals surface area contributed by atoms with Gasteiger partial charge in [0.1, 0.15) is 0 Å². The summed E-state index contributed by atoms with van der Waals surface area (Å²) in [4.78, 5) is 0. The van der Waals surface area contributed by atoms with Crippen LogP contribution in [-0.4, -0.2) is 11.8 Å². The van der Waals surface area contributed by atoms with Gasteiger partial charge in [-0.05, 0) is 10.8 Å². The van der Waals surface area contributed by atoms with Crippen molar-refractivity contribution in [3.05, 3.63) is 0 Å². The minimum absolute atomic E-state index is 0.121. The summed E-state index contributed by atoms with van der Waals surface area (Å²) in [5.74, 6) is 1.32. The number of hydrogen-bond donors (Lipinski definition) is 0. The molecule has 0 spiro atoms. The molecule has 0 aromatic heterocycles. The summed E-state index contributed by atoms with van der Waals surface area (Å²) < 4.78 is 0. The lowest BCUT2D eigenvalue weighted by atomic mass is 9.70. The van der Waals surface area contributed by atoms with E-state index in [4.69, 9.17) is 23.2 Å². The highest BCUT2D eigenvalue weighted by molar-refractivity contribution is 6.19. The largest absolute Gasteiger partial charge is 0.126 e. The maximum Gasteiger partial charge on any atom is 0.0280 e. The van der Waals surface area contributed by atoms with E-state index < -0.39 is 0 Å². The molecule has 0 aromatic rings. The minimum Gasteiger partial charge on any atom is -0.126 e. The zero-order chi connectivity index (χ0) is 8.41. The Morgan fingerprint density at radius 3 is 1.10 bits per heavy atom. The van der Waals surface area contributed by atoms with Crippen molar-refractivity contribution in [1.82, 2.24) is 0 Å². The SMILES string of the molecule is CC(C)(CCl)C(C)(C)CCl. The molecule has 0 aromatic carbocycles. The molecule has 0 aliphatic carbocycles. The van der Waals surface area contributed by atoms with Gasteiger partial charge in [0.15, 0.2) is 0 Å². The maximum atomic E-state index is 5.80. The molecule has 0 aliphatic rings. The van der Waals surface area contributed by atoms with Crippen LogP contribution in [0.5, 0.6) is 0 Å². The van der Waals surface area contributed by atoms with E-state index in [1.165, 1.54) is 0 Å². The van der Waals surface area contributed by atoms with E-state index in [2.05, 4.69) is 27.7 Å². The second-order valence-electron chi connectivity index (χ2n) is 4.04. The molecule has 2 heteroatoms. The van der Waals surface area contributed by atoms with Gasteiger partial charge in [-0.25, -0.2) is 0 Å². The molecule has 0 saturated heterocycles. The lowest BCUT2D eigenvalue weighted by molar-refractivity contribution is 0.165. The summed E-state index contributed by atoms with van der Waals surface area (Å²) in [6.07, 6.45) is 0. The fourth-order valence-corrected chi connectivity index (χ4v) is 1.09. The van der Waals surface area contributed by atoms with Crippen LogP contribution >= 0.6 is 23.2 Å². The fraction of sp³-hybridized carbons (Fsp3) is 1.00. The number of alkyl halides is 2. The van der Waals surface area contributed by atoms with Crippen LogP contribution < -0.4 is 0 Å². The molecule has 0 aliphatic heterocycles. The van der Waals surface area contributed by atoms with Crippen LogP contribution in [0.15, 0.2) is 0 Å². The molecule has 0 radical (unpaired) electrons. The molecule has 0 atom stereocenters. The highest BCUT2D eigenvalue weighted by atomic mass is 35.5. The lowest BCUT2D eigenvalue weighted by Gasteiger charge is -2.38. The third-order valence-corrected chi connectivity index (χ3v) is 3.84. The summed E-state index contributed by atoms with van der Waals surface area (Å²) in [7, 11) is 0. The van der Waals surface area contributed by atoms with Crippen LogP contribution in [0, 0.1) is 10.8 Å². The van der Waals surface area contributed by atoms with Gasteiger partial charge in [-0.1, -0.05) is 27.7 Å². The molecule has 10 heavy (non-hydrogen) atoms. The van der Waals surface area contributed by atoms with Gasteiger partial charge in [-0.15, -0.1) is 23.2 Å². The monoisotopic (exact) mass is 182 g/mol. The molecule has 0 N–H and O–H groups in total. The molecular formula is C8H16Cl2. The predicted molar refractivity (Wildman–Crippen MR) is 49.0 cm³/mol. The average Bonchev–Trinajstić information content (AvgIpc) is 1.88. The second kappa shape index (κ2) is 3.32. The van der Waals surface area contributed by atoms with E-state index in [-0.39, 0.29) is 10.8 Å². The zero-order valence-electron chi connectivity index (χ0n) is 7.17. The van der Waals surface area contributed by atoms with Crippen molar-refractivity contribution in [2.45, 2.75) is 27.7 Å². The number of halogens is 2. The quantitative estimate of drug-likeness (QED) is 0.587. The highest BCUT2D eigenvalue weighted by Gasteiger charge is 2.35. The highest BCUT2D eigenvalue weighted by Crippen LogP contribution is 2.39. The average molecular weight is 183 g/mol. The molecule has 62 valence electrons. The Morgan fingerprint density at radius 2 is 1.00 bits per heavy atom. The van der Waals surface area contributed by atoms with Gasteiger partial charge in [0.25, 0.3) is 0 Å². The second-order valence-corrected chi connectivity index (χ2v) is 4.57. The van der Waals surface area contributed by atoms with Gasteiger partial charge in [0.05, 0.1) is 0 Å². The van der Waals surface area contributed by atoms with E-state index in [1.54, 1.807) is 0 Å². The van der Waals surface area contributed by atoms with Crippen LogP contribution in [0.3, 0.4) is 0 Å². The molecule has 0 bridgehead atoms. The Balaban J connectivity index is 4.28. The summed E-state index contributed by atoms with van der Waals surface area (Å²) >= 11 is 11.6. The zero-order valence-corrected chi connectivity index (χ0v) is 8.68. The topological polar surface area (TPSA) is 0 Å². The number of rotatable bonds is 3. The van der Waals surface area contributed by atoms with Gasteiger partial charge in [-0.2, -0.15) is 0 Å². The third kappa shape index (κ3) is 2.03.